The molecule has 0 saturated heterocycles. The van der Waals surface area contributed by atoms with Crippen LogP contribution in [0.5, 0.6) is 0 Å². The quantitative estimate of drug-likeness (QED) is 0.151. The smallest absolute Gasteiger partial charge is 0.309 e. The summed E-state index contributed by atoms with van der Waals surface area (Å²) in [4.78, 5) is 24.7. The second-order valence-corrected chi connectivity index (χ2v) is 17.3. The zero-order valence-electron chi connectivity index (χ0n) is 33.6. The van der Waals surface area contributed by atoms with Crippen molar-refractivity contribution in [3.63, 3.8) is 0 Å². The second-order valence-electron chi connectivity index (χ2n) is 17.3. The molecule has 2 aromatic heterocycles. The van der Waals surface area contributed by atoms with E-state index in [9.17, 15) is 18.4 Å². The van der Waals surface area contributed by atoms with Crippen molar-refractivity contribution in [3.05, 3.63) is 130 Å². The van der Waals surface area contributed by atoms with Gasteiger partial charge in [-0.3, -0.25) is 9.59 Å². The number of aromatic nitrogens is 4. The Bertz CT molecular complexity index is 2240. The molecular formula is C48H50F2N4O4. The molecule has 58 heavy (non-hydrogen) atoms. The number of carbonyl (C=O) groups is 2. The molecule has 10 heteroatoms. The van der Waals surface area contributed by atoms with Gasteiger partial charge in [-0.25, -0.2) is 18.1 Å². The highest BCUT2D eigenvalue weighted by Gasteiger charge is 2.50. The van der Waals surface area contributed by atoms with Crippen LogP contribution in [0.2, 0.25) is 0 Å². The number of rotatable bonds is 4. The van der Waals surface area contributed by atoms with E-state index < -0.39 is 0 Å². The third kappa shape index (κ3) is 6.30. The highest BCUT2D eigenvalue weighted by atomic mass is 19.1. The molecule has 0 aliphatic heterocycles. The van der Waals surface area contributed by atoms with E-state index in [0.29, 0.717) is 0 Å². The highest BCUT2D eigenvalue weighted by molar-refractivity contribution is 5.75. The monoisotopic (exact) mass is 784 g/mol. The van der Waals surface area contributed by atoms with Crippen molar-refractivity contribution >= 4 is 24.1 Å². The van der Waals surface area contributed by atoms with Crippen LogP contribution in [-0.2, 0) is 31.9 Å². The lowest BCUT2D eigenvalue weighted by molar-refractivity contribution is -0.148. The molecule has 300 valence electrons. The number of esters is 2. The molecule has 0 N–H and O–H groups in total. The van der Waals surface area contributed by atoms with Crippen LogP contribution in [0.1, 0.15) is 87.7 Å². The fraction of sp³-hybridized carbons (Fsp3) is 0.417. The first kappa shape index (κ1) is 38.2. The van der Waals surface area contributed by atoms with Crippen molar-refractivity contribution in [2.24, 2.45) is 34.5 Å². The largest absolute Gasteiger partial charge is 0.469 e. The Labute approximate surface area is 338 Å². The van der Waals surface area contributed by atoms with E-state index >= 15 is 0 Å². The molecule has 4 aromatic rings. The molecule has 0 bridgehead atoms. The standard InChI is InChI=1S/2C24H25FN2O2/c2*1-24-13-15-14-26-27(18-9-7-17(25)8-10-18)22(15)12-16(24)6-11-19-20(23(28)29-2)4-3-5-21(19)24/h2*5,7-10,12,14,19-20H,3-4,6,11,13H2,1-2H3/t19-,20+,24+;19-,20-,24+/m11/s1. The lowest BCUT2D eigenvalue weighted by Crippen LogP contribution is -2.41. The van der Waals surface area contributed by atoms with Crippen LogP contribution in [0, 0.1) is 46.1 Å². The average Bonchev–Trinajstić information content (AvgIpc) is 3.84. The fourth-order valence-corrected chi connectivity index (χ4v) is 11.3. The SMILES string of the molecule is COC(=O)[C@@H]1CCC=C2[C@@H]1CCC1=Cc3c(cnn3-c3ccc(F)cc3)C[C@@]12C.COC(=O)[C@H]1CCC=C2[C@@H]1CCC1=Cc3c(cnn3-c3ccc(F)cc3)C[C@@]12C. The summed E-state index contributed by atoms with van der Waals surface area (Å²) < 4.78 is 40.7. The number of halogens is 2. The number of allylic oxidation sites excluding steroid dienone is 6. The van der Waals surface area contributed by atoms with Crippen molar-refractivity contribution in [2.75, 3.05) is 14.2 Å². The van der Waals surface area contributed by atoms with E-state index in [1.165, 1.54) is 71.9 Å². The van der Waals surface area contributed by atoms with Crippen LogP contribution in [0.25, 0.3) is 23.5 Å². The van der Waals surface area contributed by atoms with E-state index in [1.807, 2.05) is 21.8 Å². The summed E-state index contributed by atoms with van der Waals surface area (Å²) in [5.41, 5.74) is 11.8. The van der Waals surface area contributed by atoms with Crippen molar-refractivity contribution in [1.82, 2.24) is 19.6 Å². The molecule has 2 fully saturated rings. The van der Waals surface area contributed by atoms with Crippen LogP contribution in [0.3, 0.4) is 0 Å². The summed E-state index contributed by atoms with van der Waals surface area (Å²) in [6, 6.07) is 12.9. The molecule has 8 nitrogen and oxygen atoms in total. The van der Waals surface area contributed by atoms with Gasteiger partial charge in [0.25, 0.3) is 0 Å². The summed E-state index contributed by atoms with van der Waals surface area (Å²) >= 11 is 0. The summed E-state index contributed by atoms with van der Waals surface area (Å²) in [5, 5.41) is 9.21. The van der Waals surface area contributed by atoms with Gasteiger partial charge < -0.3 is 9.47 Å². The van der Waals surface area contributed by atoms with Crippen LogP contribution >= 0.6 is 0 Å². The number of methoxy groups -OCH3 is 2. The van der Waals surface area contributed by atoms with Gasteiger partial charge in [-0.1, -0.05) is 48.3 Å². The van der Waals surface area contributed by atoms with Gasteiger partial charge >= 0.3 is 11.9 Å². The number of benzene rings is 2. The van der Waals surface area contributed by atoms with Gasteiger partial charge in [0.05, 0.1) is 61.2 Å². The number of fused-ring (bicyclic) bond motifs is 8. The minimum Gasteiger partial charge on any atom is -0.469 e. The van der Waals surface area contributed by atoms with E-state index in [4.69, 9.17) is 9.47 Å². The molecule has 0 unspecified atom stereocenters. The van der Waals surface area contributed by atoms with Gasteiger partial charge in [-0.05, 0) is 148 Å². The van der Waals surface area contributed by atoms with Gasteiger partial charge in [0.1, 0.15) is 11.6 Å². The molecule has 0 amide bonds. The van der Waals surface area contributed by atoms with Crippen molar-refractivity contribution < 1.29 is 27.8 Å². The summed E-state index contributed by atoms with van der Waals surface area (Å²) in [6.45, 7) is 4.63. The van der Waals surface area contributed by atoms with Gasteiger partial charge in [-0.15, -0.1) is 0 Å². The zero-order valence-corrected chi connectivity index (χ0v) is 33.6. The van der Waals surface area contributed by atoms with Crippen LogP contribution in [0.15, 0.2) is 95.4 Å². The lowest BCUT2D eigenvalue weighted by Gasteiger charge is -2.48. The first-order chi connectivity index (χ1) is 28.0. The summed E-state index contributed by atoms with van der Waals surface area (Å²) in [5.74, 6) is -0.149. The Kier molecular flexibility index (Phi) is 9.72. The maximum absolute atomic E-state index is 13.3. The number of nitrogens with zero attached hydrogens (tertiary/aromatic N) is 4. The van der Waals surface area contributed by atoms with E-state index in [1.54, 1.807) is 24.3 Å². The Balaban J connectivity index is 0.000000150. The van der Waals surface area contributed by atoms with Crippen LogP contribution in [0.4, 0.5) is 8.78 Å². The zero-order chi connectivity index (χ0) is 40.3. The van der Waals surface area contributed by atoms with Crippen LogP contribution < -0.4 is 0 Å². The maximum atomic E-state index is 13.3. The molecule has 6 atom stereocenters. The maximum Gasteiger partial charge on any atom is 0.309 e. The van der Waals surface area contributed by atoms with E-state index in [-0.39, 0.29) is 58.1 Å². The highest BCUT2D eigenvalue weighted by Crippen LogP contribution is 2.58. The minimum absolute atomic E-state index is 0.0262. The molecule has 2 saturated carbocycles. The number of hydrogen-bond donors (Lipinski definition) is 0. The predicted molar refractivity (Wildman–Crippen MR) is 218 cm³/mol. The van der Waals surface area contributed by atoms with Crippen molar-refractivity contribution in [2.45, 2.75) is 78.1 Å². The molecule has 10 rings (SSSR count). The molecule has 2 aromatic carbocycles. The Morgan fingerprint density at radius 2 is 1.03 bits per heavy atom. The van der Waals surface area contributed by atoms with Gasteiger partial charge in [0, 0.05) is 10.8 Å². The van der Waals surface area contributed by atoms with Gasteiger partial charge in [-0.2, -0.15) is 10.2 Å². The fourth-order valence-electron chi connectivity index (χ4n) is 11.3. The Morgan fingerprint density at radius 3 is 1.41 bits per heavy atom. The average molecular weight is 785 g/mol. The molecular weight excluding hydrogens is 735 g/mol. The number of ether oxygens (including phenoxy) is 2. The minimum atomic E-state index is -0.247. The molecule has 6 aliphatic rings. The molecule has 6 aliphatic carbocycles. The molecule has 0 spiro atoms. The summed E-state index contributed by atoms with van der Waals surface area (Å²) in [7, 11) is 2.99. The number of carbonyl (C=O) groups excluding carboxylic acids is 2. The molecule has 0 radical (unpaired) electrons. The Hall–Kier alpha value is -5.38. The van der Waals surface area contributed by atoms with E-state index in [0.717, 1.165) is 87.0 Å². The van der Waals surface area contributed by atoms with Gasteiger partial charge in [0.15, 0.2) is 0 Å². The second kappa shape index (κ2) is 14.8. The van der Waals surface area contributed by atoms with Crippen molar-refractivity contribution in [3.8, 4) is 11.4 Å². The first-order valence-electron chi connectivity index (χ1n) is 20.7. The third-order valence-corrected chi connectivity index (χ3v) is 14.2. The number of hydrogen-bond acceptors (Lipinski definition) is 6. The van der Waals surface area contributed by atoms with Crippen molar-refractivity contribution in [1.29, 1.82) is 0 Å². The van der Waals surface area contributed by atoms with E-state index in [2.05, 4.69) is 48.3 Å². The summed E-state index contributed by atoms with van der Waals surface area (Å²) in [6.07, 6.45) is 22.4. The third-order valence-electron chi connectivity index (χ3n) is 14.2. The molecule has 2 heterocycles. The first-order valence-corrected chi connectivity index (χ1v) is 20.7. The lowest BCUT2D eigenvalue weighted by atomic mass is 9.55. The van der Waals surface area contributed by atoms with Gasteiger partial charge in [0.2, 0.25) is 0 Å². The predicted octanol–water partition coefficient (Wildman–Crippen LogP) is 9.75. The Morgan fingerprint density at radius 1 is 0.638 bits per heavy atom. The topological polar surface area (TPSA) is 88.2 Å². The normalized spacial score (nSPS) is 27.8. The van der Waals surface area contributed by atoms with Crippen LogP contribution in [-0.4, -0.2) is 45.7 Å².